The van der Waals surface area contributed by atoms with Crippen LogP contribution in [-0.2, 0) is 16.1 Å². The van der Waals surface area contributed by atoms with Gasteiger partial charge in [0, 0.05) is 20.0 Å². The van der Waals surface area contributed by atoms with Crippen LogP contribution in [0.15, 0.2) is 66.7 Å². The van der Waals surface area contributed by atoms with Gasteiger partial charge in [-0.25, -0.2) is 9.48 Å². The summed E-state index contributed by atoms with van der Waals surface area (Å²) in [5, 5.41) is 4.70. The Hall–Kier alpha value is -3.61. The van der Waals surface area contributed by atoms with Crippen molar-refractivity contribution in [1.82, 2.24) is 14.7 Å². The molecule has 1 heterocycles. The van der Waals surface area contributed by atoms with E-state index in [0.717, 1.165) is 11.4 Å². The monoisotopic (exact) mass is 420 g/mol. The second kappa shape index (κ2) is 9.04. The number of aromatic nitrogens is 2. The van der Waals surface area contributed by atoms with Crippen LogP contribution < -0.4 is 4.90 Å². The second-order valence-electron chi connectivity index (χ2n) is 8.27. The minimum absolute atomic E-state index is 0.143. The molecule has 31 heavy (non-hydrogen) atoms. The lowest BCUT2D eigenvalue weighted by Gasteiger charge is -2.24. The van der Waals surface area contributed by atoms with Gasteiger partial charge in [0.15, 0.2) is 0 Å². The molecule has 2 amide bonds. The summed E-state index contributed by atoms with van der Waals surface area (Å²) in [5.74, 6) is 0.452. The van der Waals surface area contributed by atoms with Crippen LogP contribution in [0.3, 0.4) is 0 Å². The van der Waals surface area contributed by atoms with Crippen molar-refractivity contribution in [2.75, 3.05) is 11.9 Å². The number of para-hydroxylation sites is 2. The Morgan fingerprint density at radius 3 is 2.13 bits per heavy atom. The van der Waals surface area contributed by atoms with Gasteiger partial charge in [0.1, 0.15) is 11.4 Å². The molecule has 7 heteroatoms. The third-order valence-corrected chi connectivity index (χ3v) is 4.40. The molecule has 0 aliphatic rings. The lowest BCUT2D eigenvalue weighted by Crippen LogP contribution is -2.33. The lowest BCUT2D eigenvalue weighted by atomic mass is 10.2. The number of nitrogens with zero attached hydrogens (tertiary/aromatic N) is 4. The number of hydrogen-bond donors (Lipinski definition) is 0. The van der Waals surface area contributed by atoms with E-state index in [-0.39, 0.29) is 12.5 Å². The van der Waals surface area contributed by atoms with Crippen LogP contribution in [0.5, 0.6) is 0 Å². The van der Waals surface area contributed by atoms with Crippen LogP contribution in [0.4, 0.5) is 16.3 Å². The fraction of sp³-hybridized carbons (Fsp3) is 0.292. The molecule has 0 N–H and O–H groups in total. The first kappa shape index (κ1) is 22.1. The Bertz CT molecular complexity index is 1040. The van der Waals surface area contributed by atoms with Gasteiger partial charge in [0.05, 0.1) is 23.6 Å². The minimum Gasteiger partial charge on any atom is -0.444 e. The molecular formula is C24H28N4O3. The van der Waals surface area contributed by atoms with Crippen LogP contribution in [0.25, 0.3) is 5.69 Å². The maximum atomic E-state index is 12.6. The van der Waals surface area contributed by atoms with E-state index in [9.17, 15) is 9.59 Å². The highest BCUT2D eigenvalue weighted by molar-refractivity contribution is 5.98. The van der Waals surface area contributed by atoms with Crippen LogP contribution in [-0.4, -0.2) is 39.3 Å². The molecule has 0 saturated heterocycles. The smallest absolute Gasteiger partial charge is 0.410 e. The van der Waals surface area contributed by atoms with Gasteiger partial charge in [-0.05, 0) is 45.0 Å². The highest BCUT2D eigenvalue weighted by Gasteiger charge is 2.24. The number of ether oxygens (including phenoxy) is 1. The van der Waals surface area contributed by atoms with E-state index in [1.54, 1.807) is 16.6 Å². The third-order valence-electron chi connectivity index (χ3n) is 4.40. The van der Waals surface area contributed by atoms with Gasteiger partial charge in [-0.15, -0.1) is 0 Å². The maximum Gasteiger partial charge on any atom is 0.410 e. The SMILES string of the molecule is CC(=O)N(c1ccccc1)c1cc(CN(C)C(=O)OC(C)(C)C)nn1-c1ccccc1. The fourth-order valence-corrected chi connectivity index (χ4v) is 3.11. The lowest BCUT2D eigenvalue weighted by molar-refractivity contribution is -0.115. The van der Waals surface area contributed by atoms with E-state index in [1.165, 1.54) is 11.8 Å². The molecule has 7 nitrogen and oxygen atoms in total. The van der Waals surface area contributed by atoms with E-state index in [1.807, 2.05) is 87.5 Å². The number of rotatable bonds is 5. The summed E-state index contributed by atoms with van der Waals surface area (Å²) in [6.07, 6.45) is -0.435. The number of hydrogen-bond acceptors (Lipinski definition) is 4. The van der Waals surface area contributed by atoms with E-state index >= 15 is 0 Å². The van der Waals surface area contributed by atoms with Gasteiger partial charge in [-0.1, -0.05) is 36.4 Å². The molecule has 0 spiro atoms. The van der Waals surface area contributed by atoms with Crippen LogP contribution in [0.2, 0.25) is 0 Å². The topological polar surface area (TPSA) is 67.7 Å². The molecule has 0 bridgehead atoms. The largest absolute Gasteiger partial charge is 0.444 e. The predicted octanol–water partition coefficient (Wildman–Crippen LogP) is 4.92. The van der Waals surface area contributed by atoms with Crippen molar-refractivity contribution in [3.8, 4) is 5.69 Å². The Kier molecular flexibility index (Phi) is 6.44. The Morgan fingerprint density at radius 2 is 1.58 bits per heavy atom. The zero-order valence-corrected chi connectivity index (χ0v) is 18.6. The van der Waals surface area contributed by atoms with E-state index in [2.05, 4.69) is 0 Å². The molecule has 3 rings (SSSR count). The number of carbonyl (C=O) groups excluding carboxylic acids is 2. The molecule has 0 atom stereocenters. The summed E-state index contributed by atoms with van der Waals surface area (Å²) in [5.41, 5.74) is 1.60. The molecule has 0 aliphatic heterocycles. The van der Waals surface area contributed by atoms with E-state index in [4.69, 9.17) is 9.84 Å². The Morgan fingerprint density at radius 1 is 1.00 bits per heavy atom. The average molecular weight is 421 g/mol. The van der Waals surface area contributed by atoms with Crippen molar-refractivity contribution in [2.24, 2.45) is 0 Å². The summed E-state index contributed by atoms with van der Waals surface area (Å²) >= 11 is 0. The molecule has 0 unspecified atom stereocenters. The van der Waals surface area contributed by atoms with Crippen molar-refractivity contribution < 1.29 is 14.3 Å². The minimum atomic E-state index is -0.585. The van der Waals surface area contributed by atoms with Gasteiger partial charge in [0.2, 0.25) is 5.91 Å². The number of amides is 2. The van der Waals surface area contributed by atoms with Gasteiger partial charge < -0.3 is 9.64 Å². The molecular weight excluding hydrogens is 392 g/mol. The van der Waals surface area contributed by atoms with Crippen molar-refractivity contribution >= 4 is 23.5 Å². The average Bonchev–Trinajstić information content (AvgIpc) is 3.11. The van der Waals surface area contributed by atoms with Gasteiger partial charge in [-0.3, -0.25) is 9.69 Å². The molecule has 3 aromatic rings. The molecule has 2 aromatic carbocycles. The highest BCUT2D eigenvalue weighted by atomic mass is 16.6. The van der Waals surface area contributed by atoms with Crippen molar-refractivity contribution in [1.29, 1.82) is 0 Å². The zero-order chi connectivity index (χ0) is 22.6. The Balaban J connectivity index is 2.01. The van der Waals surface area contributed by atoms with Crippen LogP contribution in [0, 0.1) is 0 Å². The zero-order valence-electron chi connectivity index (χ0n) is 18.6. The Labute approximate surface area is 182 Å². The van der Waals surface area contributed by atoms with E-state index in [0.29, 0.717) is 11.5 Å². The first-order valence-electron chi connectivity index (χ1n) is 10.1. The fourth-order valence-electron chi connectivity index (χ4n) is 3.11. The van der Waals surface area contributed by atoms with Crippen molar-refractivity contribution in [3.05, 3.63) is 72.4 Å². The summed E-state index contributed by atoms with van der Waals surface area (Å²) in [7, 11) is 1.66. The predicted molar refractivity (Wildman–Crippen MR) is 121 cm³/mol. The quantitative estimate of drug-likeness (QED) is 0.587. The van der Waals surface area contributed by atoms with Crippen molar-refractivity contribution in [3.63, 3.8) is 0 Å². The molecule has 162 valence electrons. The molecule has 0 fully saturated rings. The van der Waals surface area contributed by atoms with Gasteiger partial charge in [-0.2, -0.15) is 5.10 Å². The first-order valence-corrected chi connectivity index (χ1v) is 10.1. The number of benzene rings is 2. The van der Waals surface area contributed by atoms with Crippen LogP contribution >= 0.6 is 0 Å². The van der Waals surface area contributed by atoms with Gasteiger partial charge in [0.25, 0.3) is 0 Å². The summed E-state index contributed by atoms with van der Waals surface area (Å²) in [6.45, 7) is 7.23. The third kappa shape index (κ3) is 5.51. The van der Waals surface area contributed by atoms with Crippen LogP contribution in [0.1, 0.15) is 33.4 Å². The summed E-state index contributed by atoms with van der Waals surface area (Å²) in [6, 6.07) is 20.8. The molecule has 0 aliphatic carbocycles. The highest BCUT2D eigenvalue weighted by Crippen LogP contribution is 2.29. The molecule has 1 aromatic heterocycles. The number of carbonyl (C=O) groups is 2. The van der Waals surface area contributed by atoms with Gasteiger partial charge >= 0.3 is 6.09 Å². The molecule has 0 saturated carbocycles. The maximum absolute atomic E-state index is 12.6. The summed E-state index contributed by atoms with van der Waals surface area (Å²) < 4.78 is 7.15. The standard InChI is InChI=1S/C24H28N4O3/c1-18(29)27(20-12-8-6-9-13-20)22-16-19(17-26(5)23(30)31-24(2,3)4)25-28(22)21-14-10-7-11-15-21/h6-16H,17H2,1-5H3. The van der Waals surface area contributed by atoms with Crippen molar-refractivity contribution in [2.45, 2.75) is 39.8 Å². The number of anilines is 2. The second-order valence-corrected chi connectivity index (χ2v) is 8.27. The first-order chi connectivity index (χ1) is 14.7. The summed E-state index contributed by atoms with van der Waals surface area (Å²) in [4.78, 5) is 28.1. The van der Waals surface area contributed by atoms with E-state index < -0.39 is 11.7 Å². The molecule has 0 radical (unpaired) electrons. The normalized spacial score (nSPS) is 11.1.